The lowest BCUT2D eigenvalue weighted by Crippen LogP contribution is -2.34. The second-order valence-electron chi connectivity index (χ2n) is 10.2. The Labute approximate surface area is 187 Å². The highest BCUT2D eigenvalue weighted by atomic mass is 19.1. The van der Waals surface area contributed by atoms with E-state index in [0.717, 1.165) is 48.0 Å². The fraction of sp³-hybridized carbons (Fsp3) is 0.643. The minimum Gasteiger partial charge on any atom is -0.483 e. The van der Waals surface area contributed by atoms with Crippen molar-refractivity contribution in [2.75, 3.05) is 6.61 Å². The predicted molar refractivity (Wildman–Crippen MR) is 123 cm³/mol. The van der Waals surface area contributed by atoms with E-state index in [1.165, 1.54) is 69.6 Å². The van der Waals surface area contributed by atoms with Crippen LogP contribution in [0.4, 0.5) is 8.78 Å². The lowest BCUT2D eigenvalue weighted by atomic mass is 9.60. The van der Waals surface area contributed by atoms with Crippen molar-refractivity contribution in [3.05, 3.63) is 54.1 Å². The fourth-order valence-electron chi connectivity index (χ4n) is 6.83. The third-order valence-corrected chi connectivity index (χ3v) is 8.44. The van der Waals surface area contributed by atoms with Crippen LogP contribution in [0.5, 0.6) is 5.75 Å². The van der Waals surface area contributed by atoms with Gasteiger partial charge in [-0.1, -0.05) is 24.8 Å². The van der Waals surface area contributed by atoms with Gasteiger partial charge >= 0.3 is 0 Å². The maximum absolute atomic E-state index is 14.5. The Hall–Kier alpha value is -1.64. The van der Waals surface area contributed by atoms with E-state index in [1.807, 2.05) is 0 Å². The third kappa shape index (κ3) is 5.23. The van der Waals surface area contributed by atoms with E-state index in [0.29, 0.717) is 0 Å². The number of rotatable bonds is 6. The van der Waals surface area contributed by atoms with Crippen LogP contribution in [0.1, 0.15) is 82.6 Å². The van der Waals surface area contributed by atoms with Crippen molar-refractivity contribution in [1.82, 2.24) is 0 Å². The molecule has 0 aliphatic heterocycles. The highest BCUT2D eigenvalue weighted by Crippen LogP contribution is 2.51. The van der Waals surface area contributed by atoms with Crippen molar-refractivity contribution in [2.24, 2.45) is 29.6 Å². The van der Waals surface area contributed by atoms with Gasteiger partial charge in [-0.15, -0.1) is 0 Å². The lowest BCUT2D eigenvalue weighted by Gasteiger charge is -2.45. The summed E-state index contributed by atoms with van der Waals surface area (Å²) in [5.74, 6) is 2.99. The molecule has 1 aromatic carbocycles. The van der Waals surface area contributed by atoms with Crippen LogP contribution in [0.3, 0.4) is 0 Å². The first-order chi connectivity index (χ1) is 15.1. The number of ether oxygens (including phenoxy) is 1. The van der Waals surface area contributed by atoms with Crippen LogP contribution >= 0.6 is 0 Å². The Kier molecular flexibility index (Phi) is 7.51. The van der Waals surface area contributed by atoms with Gasteiger partial charge in [0.25, 0.3) is 0 Å². The number of hydrogen-bond donors (Lipinski definition) is 0. The molecule has 4 unspecified atom stereocenters. The molecule has 0 amide bonds. The zero-order valence-electron chi connectivity index (χ0n) is 19.0. The molecule has 3 aliphatic carbocycles. The number of halogens is 2. The SMILES string of the molecule is C=CCOc1c(F)cc(C2CCC3CC(C4CCC(/C=C/C)CC4)CCC3C2)cc1F. The molecule has 4 rings (SSSR count). The van der Waals surface area contributed by atoms with Crippen LogP contribution in [-0.4, -0.2) is 6.61 Å². The minimum atomic E-state index is -0.587. The van der Waals surface area contributed by atoms with E-state index in [-0.39, 0.29) is 18.3 Å². The third-order valence-electron chi connectivity index (χ3n) is 8.44. The minimum absolute atomic E-state index is 0.110. The summed E-state index contributed by atoms with van der Waals surface area (Å²) in [5.41, 5.74) is 0.809. The van der Waals surface area contributed by atoms with Crippen molar-refractivity contribution in [3.63, 3.8) is 0 Å². The molecule has 170 valence electrons. The Balaban J connectivity index is 1.33. The van der Waals surface area contributed by atoms with E-state index in [4.69, 9.17) is 4.74 Å². The van der Waals surface area contributed by atoms with Gasteiger partial charge in [0.15, 0.2) is 17.4 Å². The fourth-order valence-corrected chi connectivity index (χ4v) is 6.83. The normalized spacial score (nSPS) is 33.8. The number of hydrogen-bond acceptors (Lipinski definition) is 1. The second-order valence-corrected chi connectivity index (χ2v) is 10.2. The first-order valence-electron chi connectivity index (χ1n) is 12.4. The van der Waals surface area contributed by atoms with Crippen LogP contribution in [0.15, 0.2) is 36.9 Å². The summed E-state index contributed by atoms with van der Waals surface area (Å²) >= 11 is 0. The summed E-state index contributed by atoms with van der Waals surface area (Å²) in [6.45, 7) is 5.78. The number of benzene rings is 1. The summed E-state index contributed by atoms with van der Waals surface area (Å²) in [4.78, 5) is 0. The van der Waals surface area contributed by atoms with Gasteiger partial charge in [0.2, 0.25) is 0 Å². The van der Waals surface area contributed by atoms with Gasteiger partial charge in [-0.2, -0.15) is 0 Å². The topological polar surface area (TPSA) is 9.23 Å². The van der Waals surface area contributed by atoms with Gasteiger partial charge in [0.1, 0.15) is 6.61 Å². The molecule has 1 aromatic rings. The first-order valence-corrected chi connectivity index (χ1v) is 12.4. The van der Waals surface area contributed by atoms with Gasteiger partial charge in [-0.3, -0.25) is 0 Å². The van der Waals surface area contributed by atoms with Crippen LogP contribution in [0.25, 0.3) is 0 Å². The molecular formula is C28H38F2O. The summed E-state index contributed by atoms with van der Waals surface area (Å²) in [6, 6.07) is 3.00. The molecule has 0 bridgehead atoms. The van der Waals surface area contributed by atoms with Gasteiger partial charge in [0.05, 0.1) is 0 Å². The molecule has 3 heteroatoms. The van der Waals surface area contributed by atoms with Gasteiger partial charge in [-0.05, 0) is 124 Å². The maximum atomic E-state index is 14.5. The Morgan fingerprint density at radius 3 is 2.10 bits per heavy atom. The molecule has 31 heavy (non-hydrogen) atoms. The van der Waals surface area contributed by atoms with Crippen molar-refractivity contribution >= 4 is 0 Å². The highest BCUT2D eigenvalue weighted by molar-refractivity contribution is 5.33. The highest BCUT2D eigenvalue weighted by Gasteiger charge is 2.39. The monoisotopic (exact) mass is 428 g/mol. The van der Waals surface area contributed by atoms with E-state index in [1.54, 1.807) is 0 Å². The molecule has 0 aromatic heterocycles. The molecule has 3 aliphatic rings. The molecule has 0 saturated heterocycles. The predicted octanol–water partition coefficient (Wildman–Crippen LogP) is 8.21. The molecule has 3 saturated carbocycles. The van der Waals surface area contributed by atoms with Crippen molar-refractivity contribution < 1.29 is 13.5 Å². The van der Waals surface area contributed by atoms with Crippen LogP contribution in [0, 0.1) is 41.2 Å². The standard InChI is InChI=1S/C28H38F2O/c1-3-5-19-6-8-20(9-7-19)21-10-11-23-16-24(13-12-22(23)15-21)25-17-26(29)28(27(30)18-25)31-14-4-2/h3-5,17-24H,2,6-16H2,1H3/b5-3+. The zero-order chi connectivity index (χ0) is 21.8. The first kappa shape index (κ1) is 22.6. The quantitative estimate of drug-likeness (QED) is 0.415. The molecule has 1 nitrogen and oxygen atoms in total. The van der Waals surface area contributed by atoms with Gasteiger partial charge in [0, 0.05) is 0 Å². The van der Waals surface area contributed by atoms with Crippen molar-refractivity contribution in [2.45, 2.75) is 77.0 Å². The number of fused-ring (bicyclic) bond motifs is 1. The molecular weight excluding hydrogens is 390 g/mol. The maximum Gasteiger partial charge on any atom is 0.191 e. The molecule has 0 spiro atoms. The zero-order valence-corrected chi connectivity index (χ0v) is 19.0. The van der Waals surface area contributed by atoms with Gasteiger partial charge in [-0.25, -0.2) is 8.78 Å². The van der Waals surface area contributed by atoms with E-state index in [9.17, 15) is 8.78 Å². The molecule has 0 radical (unpaired) electrons. The largest absolute Gasteiger partial charge is 0.483 e. The second kappa shape index (κ2) is 10.3. The van der Waals surface area contributed by atoms with Crippen LogP contribution in [-0.2, 0) is 0 Å². The Morgan fingerprint density at radius 1 is 0.871 bits per heavy atom. The Bertz CT molecular complexity index is 754. The summed E-state index contributed by atoms with van der Waals surface area (Å²) in [7, 11) is 0. The smallest absolute Gasteiger partial charge is 0.191 e. The average molecular weight is 429 g/mol. The van der Waals surface area contributed by atoms with Crippen LogP contribution < -0.4 is 4.74 Å². The lowest BCUT2D eigenvalue weighted by molar-refractivity contribution is 0.0747. The van der Waals surface area contributed by atoms with E-state index in [2.05, 4.69) is 25.7 Å². The van der Waals surface area contributed by atoms with E-state index >= 15 is 0 Å². The van der Waals surface area contributed by atoms with Crippen molar-refractivity contribution in [3.8, 4) is 5.75 Å². The molecule has 0 heterocycles. The molecule has 0 N–H and O–H groups in total. The van der Waals surface area contributed by atoms with E-state index < -0.39 is 11.6 Å². The van der Waals surface area contributed by atoms with Crippen LogP contribution in [0.2, 0.25) is 0 Å². The summed E-state index contributed by atoms with van der Waals surface area (Å²) in [5, 5.41) is 0. The van der Waals surface area contributed by atoms with Gasteiger partial charge < -0.3 is 4.74 Å². The Morgan fingerprint density at radius 2 is 1.45 bits per heavy atom. The number of allylic oxidation sites excluding steroid dienone is 2. The van der Waals surface area contributed by atoms with Crippen molar-refractivity contribution in [1.29, 1.82) is 0 Å². The average Bonchev–Trinajstić information content (AvgIpc) is 2.78. The molecule has 4 atom stereocenters. The summed E-state index contributed by atoms with van der Waals surface area (Å²) in [6.07, 6.45) is 19.0. The summed E-state index contributed by atoms with van der Waals surface area (Å²) < 4.78 is 34.1. The molecule has 3 fully saturated rings.